The fourth-order valence-electron chi connectivity index (χ4n) is 3.75. The van der Waals surface area contributed by atoms with Gasteiger partial charge in [-0.1, -0.05) is 51.1 Å². The first kappa shape index (κ1) is 21.0. The third-order valence-corrected chi connectivity index (χ3v) is 4.86. The Morgan fingerprint density at radius 1 is 1.17 bits per heavy atom. The van der Waals surface area contributed by atoms with Crippen LogP contribution in [0.15, 0.2) is 42.5 Å². The molecule has 0 aliphatic heterocycles. The standard InChI is InChI=1S/C22H22N2O6/c1-22(2,3)18-15-10-13(12-17(25)30-4)11-16(24(28)29)20(15)23(21(26)27)19(18)14-8-6-5-7-9-14/h5-11H,12H2,1-4H3,(H,26,27). The number of ether oxygens (including phenoxy) is 1. The highest BCUT2D eigenvalue weighted by atomic mass is 16.6. The van der Waals surface area contributed by atoms with Crippen molar-refractivity contribution in [2.75, 3.05) is 7.11 Å². The number of non-ortho nitro benzene ring substituents is 1. The number of fused-ring (bicyclic) bond motifs is 1. The highest BCUT2D eigenvalue weighted by molar-refractivity contribution is 6.04. The van der Waals surface area contributed by atoms with Crippen LogP contribution in [0.25, 0.3) is 22.2 Å². The maximum absolute atomic E-state index is 12.3. The van der Waals surface area contributed by atoms with Crippen molar-refractivity contribution in [3.8, 4) is 11.3 Å². The van der Waals surface area contributed by atoms with Crippen molar-refractivity contribution in [2.45, 2.75) is 32.6 Å². The molecule has 0 spiro atoms. The molecule has 1 aromatic heterocycles. The van der Waals surface area contributed by atoms with Gasteiger partial charge in [0, 0.05) is 11.5 Å². The predicted molar refractivity (Wildman–Crippen MR) is 112 cm³/mol. The van der Waals surface area contributed by atoms with Gasteiger partial charge in [0.25, 0.3) is 5.69 Å². The molecule has 0 aliphatic rings. The van der Waals surface area contributed by atoms with Gasteiger partial charge in [0.05, 0.1) is 24.1 Å². The van der Waals surface area contributed by atoms with Crippen molar-refractivity contribution in [3.63, 3.8) is 0 Å². The summed E-state index contributed by atoms with van der Waals surface area (Å²) < 4.78 is 5.67. The molecule has 0 bridgehead atoms. The molecule has 30 heavy (non-hydrogen) atoms. The normalized spacial score (nSPS) is 11.5. The van der Waals surface area contributed by atoms with Gasteiger partial charge in [-0.05, 0) is 28.2 Å². The van der Waals surface area contributed by atoms with E-state index in [-0.39, 0.29) is 17.6 Å². The number of hydrogen-bond donors (Lipinski definition) is 1. The van der Waals surface area contributed by atoms with E-state index in [4.69, 9.17) is 4.74 Å². The number of methoxy groups -OCH3 is 1. The number of aromatic nitrogens is 1. The summed E-state index contributed by atoms with van der Waals surface area (Å²) in [6, 6.07) is 11.8. The fraction of sp³-hybridized carbons (Fsp3) is 0.273. The van der Waals surface area contributed by atoms with Crippen molar-refractivity contribution in [1.29, 1.82) is 0 Å². The van der Waals surface area contributed by atoms with E-state index in [0.717, 1.165) is 4.57 Å². The third kappa shape index (κ3) is 3.63. The average Bonchev–Trinajstić information content (AvgIpc) is 3.03. The van der Waals surface area contributed by atoms with Crippen molar-refractivity contribution in [1.82, 2.24) is 4.57 Å². The summed E-state index contributed by atoms with van der Waals surface area (Å²) in [5.74, 6) is -0.540. The number of hydrogen-bond acceptors (Lipinski definition) is 5. The molecule has 0 saturated heterocycles. The molecular weight excluding hydrogens is 388 g/mol. The van der Waals surface area contributed by atoms with E-state index in [9.17, 15) is 24.8 Å². The van der Waals surface area contributed by atoms with Crippen LogP contribution in [-0.4, -0.2) is 33.8 Å². The molecule has 8 heteroatoms. The van der Waals surface area contributed by atoms with Gasteiger partial charge in [-0.25, -0.2) is 9.36 Å². The van der Waals surface area contributed by atoms with Gasteiger partial charge in [0.1, 0.15) is 5.52 Å². The highest BCUT2D eigenvalue weighted by Crippen LogP contribution is 2.44. The lowest BCUT2D eigenvalue weighted by Crippen LogP contribution is -2.15. The molecule has 0 saturated carbocycles. The third-order valence-electron chi connectivity index (χ3n) is 4.86. The lowest BCUT2D eigenvalue weighted by atomic mass is 9.83. The van der Waals surface area contributed by atoms with Crippen molar-refractivity contribution >= 4 is 28.7 Å². The van der Waals surface area contributed by atoms with E-state index in [0.29, 0.717) is 27.8 Å². The molecule has 1 N–H and O–H groups in total. The van der Waals surface area contributed by atoms with E-state index in [2.05, 4.69) is 0 Å². The van der Waals surface area contributed by atoms with Gasteiger partial charge in [0.2, 0.25) is 0 Å². The molecule has 0 atom stereocenters. The van der Waals surface area contributed by atoms with Crippen molar-refractivity contribution in [3.05, 3.63) is 63.7 Å². The van der Waals surface area contributed by atoms with Crippen LogP contribution in [0.5, 0.6) is 0 Å². The molecule has 2 aromatic carbocycles. The number of esters is 1. The molecular formula is C22H22N2O6. The van der Waals surface area contributed by atoms with Gasteiger partial charge in [-0.3, -0.25) is 14.9 Å². The van der Waals surface area contributed by atoms with Gasteiger partial charge in [-0.2, -0.15) is 0 Å². The first-order chi connectivity index (χ1) is 14.1. The minimum Gasteiger partial charge on any atom is -0.469 e. The maximum atomic E-state index is 12.3. The van der Waals surface area contributed by atoms with Crippen LogP contribution in [-0.2, 0) is 21.4 Å². The Hall–Kier alpha value is -3.68. The topological polar surface area (TPSA) is 112 Å². The molecule has 1 heterocycles. The highest BCUT2D eigenvalue weighted by Gasteiger charge is 2.33. The Balaban J connectivity index is 2.56. The van der Waals surface area contributed by atoms with E-state index >= 15 is 0 Å². The number of rotatable bonds is 4. The lowest BCUT2D eigenvalue weighted by Gasteiger charge is -2.21. The van der Waals surface area contributed by atoms with E-state index in [1.165, 1.54) is 13.2 Å². The molecule has 0 amide bonds. The summed E-state index contributed by atoms with van der Waals surface area (Å²) in [5.41, 5.74) is 1.12. The second-order valence-electron chi connectivity index (χ2n) is 7.98. The number of nitro benzene ring substituents is 1. The Kier molecular flexibility index (Phi) is 5.35. The Morgan fingerprint density at radius 2 is 1.80 bits per heavy atom. The number of carbonyl (C=O) groups excluding carboxylic acids is 1. The van der Waals surface area contributed by atoms with E-state index in [1.807, 2.05) is 26.8 Å². The summed E-state index contributed by atoms with van der Waals surface area (Å²) in [5, 5.41) is 22.3. The molecule has 0 radical (unpaired) electrons. The summed E-state index contributed by atoms with van der Waals surface area (Å²) in [7, 11) is 1.24. The average molecular weight is 410 g/mol. The van der Waals surface area contributed by atoms with Gasteiger partial charge in [-0.15, -0.1) is 0 Å². The smallest absolute Gasteiger partial charge is 0.416 e. The number of carboxylic acid groups (broad SMARTS) is 1. The second-order valence-corrected chi connectivity index (χ2v) is 7.98. The molecule has 0 aliphatic carbocycles. The largest absolute Gasteiger partial charge is 0.469 e. The van der Waals surface area contributed by atoms with Crippen LogP contribution in [0.4, 0.5) is 10.5 Å². The van der Waals surface area contributed by atoms with Crippen LogP contribution in [0, 0.1) is 10.1 Å². The Morgan fingerprint density at radius 3 is 2.30 bits per heavy atom. The number of carbonyl (C=O) groups is 2. The monoisotopic (exact) mass is 410 g/mol. The van der Waals surface area contributed by atoms with Crippen LogP contribution in [0.1, 0.15) is 31.9 Å². The zero-order valence-electron chi connectivity index (χ0n) is 17.1. The van der Waals surface area contributed by atoms with Crippen LogP contribution >= 0.6 is 0 Å². The zero-order valence-corrected chi connectivity index (χ0v) is 17.1. The number of benzene rings is 2. The summed E-state index contributed by atoms with van der Waals surface area (Å²) in [6.45, 7) is 5.75. The molecule has 0 unspecified atom stereocenters. The first-order valence-electron chi connectivity index (χ1n) is 9.28. The SMILES string of the molecule is COC(=O)Cc1cc([N+](=O)[O-])c2c(c1)c(C(C)(C)C)c(-c1ccccc1)n2C(=O)O. The minimum absolute atomic E-state index is 0.00936. The lowest BCUT2D eigenvalue weighted by molar-refractivity contribution is -0.383. The van der Waals surface area contributed by atoms with Crippen LogP contribution in [0.3, 0.4) is 0 Å². The molecule has 3 aromatic rings. The van der Waals surface area contributed by atoms with Gasteiger partial charge in [0.15, 0.2) is 0 Å². The van der Waals surface area contributed by atoms with Crippen LogP contribution in [0.2, 0.25) is 0 Å². The molecule has 3 rings (SSSR count). The zero-order chi connectivity index (χ0) is 22.2. The first-order valence-corrected chi connectivity index (χ1v) is 9.28. The summed E-state index contributed by atoms with van der Waals surface area (Å²) in [6.07, 6.45) is -1.48. The van der Waals surface area contributed by atoms with Crippen molar-refractivity contribution < 1.29 is 24.4 Å². The van der Waals surface area contributed by atoms with E-state index in [1.54, 1.807) is 30.3 Å². The second kappa shape index (κ2) is 7.62. The van der Waals surface area contributed by atoms with Crippen molar-refractivity contribution in [2.24, 2.45) is 0 Å². The van der Waals surface area contributed by atoms with E-state index < -0.39 is 22.4 Å². The van der Waals surface area contributed by atoms with Gasteiger partial charge >= 0.3 is 12.1 Å². The number of nitrogens with zero attached hydrogens (tertiary/aromatic N) is 2. The molecule has 156 valence electrons. The molecule has 0 fully saturated rings. The minimum atomic E-state index is -1.32. The maximum Gasteiger partial charge on any atom is 0.416 e. The number of nitro groups is 1. The Bertz CT molecular complexity index is 1160. The predicted octanol–water partition coefficient (Wildman–Crippen LogP) is 4.76. The summed E-state index contributed by atoms with van der Waals surface area (Å²) in [4.78, 5) is 35.4. The quantitative estimate of drug-likeness (QED) is 0.377. The fourth-order valence-corrected chi connectivity index (χ4v) is 3.75. The molecule has 8 nitrogen and oxygen atoms in total. The van der Waals surface area contributed by atoms with Gasteiger partial charge < -0.3 is 9.84 Å². The van der Waals surface area contributed by atoms with Crippen LogP contribution < -0.4 is 0 Å². The Labute approximate surface area is 172 Å². The summed E-state index contributed by atoms with van der Waals surface area (Å²) >= 11 is 0.